The highest BCUT2D eigenvalue weighted by molar-refractivity contribution is 5.80. The molecule has 0 aliphatic rings. The third-order valence-corrected chi connectivity index (χ3v) is 4.85. The van der Waals surface area contributed by atoms with E-state index in [1.807, 2.05) is 37.3 Å². The van der Waals surface area contributed by atoms with Crippen LogP contribution in [0.1, 0.15) is 30.2 Å². The Morgan fingerprint density at radius 2 is 1.86 bits per heavy atom. The molecule has 0 fully saturated rings. The van der Waals surface area contributed by atoms with E-state index < -0.39 is 0 Å². The first kappa shape index (κ1) is 18.1. The zero-order valence-electron chi connectivity index (χ0n) is 16.5. The van der Waals surface area contributed by atoms with E-state index in [1.54, 1.807) is 11.5 Å². The highest BCUT2D eigenvalue weighted by Gasteiger charge is 2.15. The van der Waals surface area contributed by atoms with Gasteiger partial charge in [0.05, 0.1) is 11.0 Å². The minimum absolute atomic E-state index is 0.0428. The Hall–Kier alpha value is -3.28. The lowest BCUT2D eigenvalue weighted by molar-refractivity contribution is 0.432. The van der Waals surface area contributed by atoms with Crippen LogP contribution in [0, 0.1) is 20.8 Å². The molecule has 2 aromatic carbocycles. The number of hydrogen-bond donors (Lipinski definition) is 0. The maximum Gasteiger partial charge on any atom is 0.272 e. The molecule has 0 radical (unpaired) electrons. The van der Waals surface area contributed by atoms with Gasteiger partial charge in [0.15, 0.2) is 0 Å². The maximum atomic E-state index is 12.4. The lowest BCUT2D eigenvalue weighted by atomic mass is 10.1. The van der Waals surface area contributed by atoms with E-state index in [-0.39, 0.29) is 5.56 Å². The molecule has 4 rings (SSSR count). The van der Waals surface area contributed by atoms with Gasteiger partial charge in [0, 0.05) is 17.7 Å². The zero-order chi connectivity index (χ0) is 19.8. The van der Waals surface area contributed by atoms with Crippen molar-refractivity contribution in [3.05, 3.63) is 63.6 Å². The number of fused-ring (bicyclic) bond motifs is 1. The van der Waals surface area contributed by atoms with Gasteiger partial charge in [-0.05, 0) is 57.0 Å². The number of nitrogens with zero attached hydrogens (tertiary/aromatic N) is 4. The average Bonchev–Trinajstić information content (AvgIpc) is 3.15. The lowest BCUT2D eigenvalue weighted by Crippen LogP contribution is -2.24. The summed E-state index contributed by atoms with van der Waals surface area (Å²) >= 11 is 0. The molecule has 6 nitrogen and oxygen atoms in total. The summed E-state index contributed by atoms with van der Waals surface area (Å²) in [6.07, 6.45) is 0.879. The number of hydrogen-bond acceptors (Lipinski definition) is 5. The van der Waals surface area contributed by atoms with Crippen molar-refractivity contribution in [1.29, 1.82) is 0 Å². The first-order chi connectivity index (χ1) is 13.5. The monoisotopic (exact) mass is 374 g/mol. The standard InChI is InChI=1S/C22H22N4O2/c1-5-10-26-19-9-7-16(12-18(19)23-15(4)22(26)27)20-24-21(28-25-20)17-8-6-13(2)11-14(17)3/h6-9,11-12H,5,10H2,1-4H3. The second kappa shape index (κ2) is 7.03. The normalized spacial score (nSPS) is 11.3. The number of rotatable bonds is 4. The third kappa shape index (κ3) is 3.11. The zero-order valence-corrected chi connectivity index (χ0v) is 16.5. The van der Waals surface area contributed by atoms with E-state index in [4.69, 9.17) is 4.52 Å². The van der Waals surface area contributed by atoms with E-state index >= 15 is 0 Å². The number of benzene rings is 2. The van der Waals surface area contributed by atoms with Gasteiger partial charge < -0.3 is 9.09 Å². The van der Waals surface area contributed by atoms with Crippen LogP contribution in [-0.2, 0) is 6.54 Å². The van der Waals surface area contributed by atoms with Gasteiger partial charge in [0.25, 0.3) is 11.4 Å². The molecule has 0 saturated heterocycles. The summed E-state index contributed by atoms with van der Waals surface area (Å²) in [5, 5.41) is 4.15. The predicted molar refractivity (Wildman–Crippen MR) is 109 cm³/mol. The summed E-state index contributed by atoms with van der Waals surface area (Å²) in [6.45, 7) is 8.54. The molecule has 4 aromatic rings. The third-order valence-electron chi connectivity index (χ3n) is 4.85. The van der Waals surface area contributed by atoms with Crippen molar-refractivity contribution in [3.63, 3.8) is 0 Å². The fraction of sp³-hybridized carbons (Fsp3) is 0.273. The largest absolute Gasteiger partial charge is 0.334 e. The van der Waals surface area contributed by atoms with Gasteiger partial charge in [-0.25, -0.2) is 4.98 Å². The van der Waals surface area contributed by atoms with Crippen LogP contribution in [0.4, 0.5) is 0 Å². The maximum absolute atomic E-state index is 12.4. The van der Waals surface area contributed by atoms with Gasteiger partial charge in [-0.3, -0.25) is 4.79 Å². The molecule has 0 atom stereocenters. The van der Waals surface area contributed by atoms with Crippen LogP contribution in [0.2, 0.25) is 0 Å². The molecular weight excluding hydrogens is 352 g/mol. The van der Waals surface area contributed by atoms with E-state index in [1.165, 1.54) is 5.56 Å². The molecule has 0 unspecified atom stereocenters. The van der Waals surface area contributed by atoms with Crippen molar-refractivity contribution in [3.8, 4) is 22.8 Å². The van der Waals surface area contributed by atoms with Crippen LogP contribution in [0.5, 0.6) is 0 Å². The first-order valence-electron chi connectivity index (χ1n) is 9.41. The molecular formula is C22H22N4O2. The van der Waals surface area contributed by atoms with Crippen LogP contribution in [0.15, 0.2) is 45.7 Å². The average molecular weight is 374 g/mol. The van der Waals surface area contributed by atoms with Crippen LogP contribution >= 0.6 is 0 Å². The summed E-state index contributed by atoms with van der Waals surface area (Å²) in [6, 6.07) is 11.8. The minimum atomic E-state index is -0.0428. The van der Waals surface area contributed by atoms with E-state index in [2.05, 4.69) is 35.0 Å². The fourth-order valence-electron chi connectivity index (χ4n) is 3.46. The quantitative estimate of drug-likeness (QED) is 0.528. The van der Waals surface area contributed by atoms with Gasteiger partial charge in [0.1, 0.15) is 5.69 Å². The van der Waals surface area contributed by atoms with E-state index in [0.29, 0.717) is 24.0 Å². The van der Waals surface area contributed by atoms with Gasteiger partial charge in [0.2, 0.25) is 5.82 Å². The van der Waals surface area contributed by atoms with Crippen molar-refractivity contribution >= 4 is 11.0 Å². The van der Waals surface area contributed by atoms with Gasteiger partial charge in [-0.1, -0.05) is 29.8 Å². The summed E-state index contributed by atoms with van der Waals surface area (Å²) in [7, 11) is 0. The highest BCUT2D eigenvalue weighted by Crippen LogP contribution is 2.27. The van der Waals surface area contributed by atoms with Crippen LogP contribution in [0.3, 0.4) is 0 Å². The lowest BCUT2D eigenvalue weighted by Gasteiger charge is -2.10. The molecule has 2 aromatic heterocycles. The minimum Gasteiger partial charge on any atom is -0.334 e. The molecule has 0 aliphatic heterocycles. The summed E-state index contributed by atoms with van der Waals surface area (Å²) < 4.78 is 7.28. The molecule has 0 bridgehead atoms. The molecule has 0 spiro atoms. The van der Waals surface area contributed by atoms with Crippen molar-refractivity contribution in [2.45, 2.75) is 40.7 Å². The molecule has 28 heavy (non-hydrogen) atoms. The van der Waals surface area contributed by atoms with Crippen molar-refractivity contribution in [1.82, 2.24) is 19.7 Å². The van der Waals surface area contributed by atoms with Crippen molar-refractivity contribution in [2.24, 2.45) is 0 Å². The Kier molecular flexibility index (Phi) is 4.55. The summed E-state index contributed by atoms with van der Waals surface area (Å²) in [4.78, 5) is 21.5. The molecule has 2 heterocycles. The van der Waals surface area contributed by atoms with Crippen molar-refractivity contribution < 1.29 is 4.52 Å². The van der Waals surface area contributed by atoms with Crippen LogP contribution in [-0.4, -0.2) is 19.7 Å². The molecule has 0 saturated carbocycles. The Balaban J connectivity index is 1.79. The molecule has 0 amide bonds. The second-order valence-electron chi connectivity index (χ2n) is 7.10. The number of aromatic nitrogens is 4. The Labute approximate surface area is 162 Å². The first-order valence-corrected chi connectivity index (χ1v) is 9.41. The van der Waals surface area contributed by atoms with Crippen molar-refractivity contribution in [2.75, 3.05) is 0 Å². The molecule has 142 valence electrons. The number of aryl methyl sites for hydroxylation is 4. The smallest absolute Gasteiger partial charge is 0.272 e. The Bertz CT molecular complexity index is 1240. The molecule has 6 heteroatoms. The Morgan fingerprint density at radius 1 is 1.04 bits per heavy atom. The topological polar surface area (TPSA) is 73.8 Å². The van der Waals surface area contributed by atoms with E-state index in [0.717, 1.165) is 34.1 Å². The highest BCUT2D eigenvalue weighted by atomic mass is 16.5. The van der Waals surface area contributed by atoms with Crippen LogP contribution < -0.4 is 5.56 Å². The second-order valence-corrected chi connectivity index (χ2v) is 7.10. The fourth-order valence-corrected chi connectivity index (χ4v) is 3.46. The van der Waals surface area contributed by atoms with Crippen LogP contribution in [0.25, 0.3) is 33.9 Å². The van der Waals surface area contributed by atoms with E-state index in [9.17, 15) is 4.79 Å². The SMILES string of the molecule is CCCn1c(=O)c(C)nc2cc(-c3noc(-c4ccc(C)cc4C)n3)ccc21. The molecule has 0 aliphatic carbocycles. The molecule has 0 N–H and O–H groups in total. The summed E-state index contributed by atoms with van der Waals surface area (Å²) in [5.41, 5.74) is 6.03. The van der Waals surface area contributed by atoms with Gasteiger partial charge in [-0.2, -0.15) is 4.98 Å². The predicted octanol–water partition coefficient (Wildman–Crippen LogP) is 4.45. The summed E-state index contributed by atoms with van der Waals surface area (Å²) in [5.74, 6) is 0.997. The van der Waals surface area contributed by atoms with Gasteiger partial charge >= 0.3 is 0 Å². The Morgan fingerprint density at radius 3 is 2.61 bits per heavy atom. The van der Waals surface area contributed by atoms with Gasteiger partial charge in [-0.15, -0.1) is 0 Å².